The van der Waals surface area contributed by atoms with Crippen molar-refractivity contribution in [2.24, 2.45) is 4.99 Å². The first-order valence-corrected chi connectivity index (χ1v) is 9.66. The molecule has 7 nitrogen and oxygen atoms in total. The van der Waals surface area contributed by atoms with Gasteiger partial charge in [-0.1, -0.05) is 42.5 Å². The Hall–Kier alpha value is -3.71. The van der Waals surface area contributed by atoms with Crippen molar-refractivity contribution in [3.63, 3.8) is 0 Å². The Balaban J connectivity index is 1.41. The van der Waals surface area contributed by atoms with Gasteiger partial charge >= 0.3 is 5.97 Å². The zero-order chi connectivity index (χ0) is 20.8. The van der Waals surface area contributed by atoms with Crippen LogP contribution in [0.3, 0.4) is 0 Å². The topological polar surface area (TPSA) is 84.8 Å². The van der Waals surface area contributed by atoms with Crippen LogP contribution in [0.25, 0.3) is 11.1 Å². The Bertz CT molecular complexity index is 1050. The van der Waals surface area contributed by atoms with Crippen molar-refractivity contribution in [2.75, 3.05) is 25.5 Å². The van der Waals surface area contributed by atoms with Gasteiger partial charge in [0.15, 0.2) is 0 Å². The van der Waals surface area contributed by atoms with E-state index in [9.17, 15) is 4.79 Å². The molecule has 152 valence electrons. The van der Waals surface area contributed by atoms with E-state index in [-0.39, 0.29) is 0 Å². The minimum Gasteiger partial charge on any atom is -0.368 e. The number of benzene rings is 2. The highest BCUT2D eigenvalue weighted by atomic mass is 17.2. The van der Waals surface area contributed by atoms with Crippen LogP contribution >= 0.6 is 0 Å². The van der Waals surface area contributed by atoms with Gasteiger partial charge in [-0.2, -0.15) is 4.89 Å². The standard InChI is InChI=1S/C23H22N4O3/c1-29-30-23(28)20-5-3-2-4-19(20)17-8-6-16(7-9-17)14-26-21-11-10-18(15-27-21)22-24-12-13-25-22/h2-11,15H,12-14H2,1H3,(H,24,25)(H,26,27). The lowest BCUT2D eigenvalue weighted by atomic mass is 9.99. The molecular formula is C23H22N4O3. The molecule has 2 heterocycles. The van der Waals surface area contributed by atoms with Crippen molar-refractivity contribution in [3.8, 4) is 11.1 Å². The number of anilines is 1. The van der Waals surface area contributed by atoms with Crippen molar-refractivity contribution < 1.29 is 14.6 Å². The molecule has 0 spiro atoms. The lowest BCUT2D eigenvalue weighted by molar-refractivity contribution is -0.216. The van der Waals surface area contributed by atoms with Gasteiger partial charge in [0.2, 0.25) is 0 Å². The minimum absolute atomic E-state index is 0.455. The molecule has 0 radical (unpaired) electrons. The summed E-state index contributed by atoms with van der Waals surface area (Å²) in [7, 11) is 1.31. The fourth-order valence-corrected chi connectivity index (χ4v) is 3.26. The summed E-state index contributed by atoms with van der Waals surface area (Å²) < 4.78 is 0. The number of aliphatic imine (C=N–C) groups is 1. The van der Waals surface area contributed by atoms with Crippen molar-refractivity contribution in [3.05, 3.63) is 83.6 Å². The van der Waals surface area contributed by atoms with E-state index in [1.165, 1.54) is 7.11 Å². The maximum atomic E-state index is 12.1. The van der Waals surface area contributed by atoms with Crippen molar-refractivity contribution in [2.45, 2.75) is 6.54 Å². The molecule has 3 aromatic rings. The van der Waals surface area contributed by atoms with Crippen LogP contribution in [0.1, 0.15) is 21.5 Å². The Morgan fingerprint density at radius 3 is 2.57 bits per heavy atom. The normalized spacial score (nSPS) is 12.8. The third kappa shape index (κ3) is 4.47. The highest BCUT2D eigenvalue weighted by molar-refractivity contribution is 5.99. The first-order valence-electron chi connectivity index (χ1n) is 9.66. The average molecular weight is 402 g/mol. The molecule has 0 amide bonds. The molecule has 7 heteroatoms. The van der Waals surface area contributed by atoms with Gasteiger partial charge in [-0.05, 0) is 34.9 Å². The summed E-state index contributed by atoms with van der Waals surface area (Å²) in [4.78, 5) is 30.1. The average Bonchev–Trinajstić information content (AvgIpc) is 3.34. The van der Waals surface area contributed by atoms with Gasteiger partial charge in [-0.15, -0.1) is 0 Å². The summed E-state index contributed by atoms with van der Waals surface area (Å²) in [5.74, 6) is 1.18. The van der Waals surface area contributed by atoms with Crippen LogP contribution in [-0.4, -0.2) is 37.0 Å². The summed E-state index contributed by atoms with van der Waals surface area (Å²) in [5, 5.41) is 6.56. The second-order valence-electron chi connectivity index (χ2n) is 6.72. The fraction of sp³-hybridized carbons (Fsp3) is 0.174. The molecule has 0 unspecified atom stereocenters. The number of carbonyl (C=O) groups excluding carboxylic acids is 1. The lowest BCUT2D eigenvalue weighted by Crippen LogP contribution is -2.19. The first kappa shape index (κ1) is 19.6. The van der Waals surface area contributed by atoms with Crippen molar-refractivity contribution in [1.29, 1.82) is 0 Å². The summed E-state index contributed by atoms with van der Waals surface area (Å²) in [5.41, 5.74) is 4.27. The Morgan fingerprint density at radius 1 is 1.07 bits per heavy atom. The third-order valence-corrected chi connectivity index (χ3v) is 4.76. The van der Waals surface area contributed by atoms with Gasteiger partial charge in [0, 0.05) is 24.8 Å². The van der Waals surface area contributed by atoms with E-state index in [1.807, 2.05) is 54.7 Å². The van der Waals surface area contributed by atoms with E-state index in [2.05, 4.69) is 30.4 Å². The highest BCUT2D eigenvalue weighted by Gasteiger charge is 2.14. The van der Waals surface area contributed by atoms with Crippen molar-refractivity contribution >= 4 is 17.6 Å². The van der Waals surface area contributed by atoms with Gasteiger partial charge < -0.3 is 10.6 Å². The van der Waals surface area contributed by atoms with E-state index in [1.54, 1.807) is 12.1 Å². The number of rotatable bonds is 7. The molecule has 0 aliphatic carbocycles. The molecule has 2 N–H and O–H groups in total. The molecule has 2 aromatic carbocycles. The number of nitrogens with zero attached hydrogens (tertiary/aromatic N) is 2. The van der Waals surface area contributed by atoms with Gasteiger partial charge in [-0.25, -0.2) is 9.78 Å². The Labute approximate surface area is 174 Å². The van der Waals surface area contributed by atoms with Crippen LogP contribution in [0.15, 0.2) is 71.9 Å². The maximum Gasteiger partial charge on any atom is 0.373 e. The molecule has 0 bridgehead atoms. The Morgan fingerprint density at radius 2 is 1.87 bits per heavy atom. The maximum absolute atomic E-state index is 12.1. The molecule has 1 aromatic heterocycles. The largest absolute Gasteiger partial charge is 0.373 e. The molecular weight excluding hydrogens is 380 g/mol. The SMILES string of the molecule is COOC(=O)c1ccccc1-c1ccc(CNc2ccc(C3=NCCN3)cn2)cc1. The molecule has 0 saturated carbocycles. The fourth-order valence-electron chi connectivity index (χ4n) is 3.26. The number of hydrogen-bond donors (Lipinski definition) is 2. The molecule has 1 aliphatic rings. The summed E-state index contributed by atoms with van der Waals surface area (Å²) in [6.45, 7) is 2.33. The lowest BCUT2D eigenvalue weighted by Gasteiger charge is -2.10. The molecule has 30 heavy (non-hydrogen) atoms. The van der Waals surface area contributed by atoms with E-state index in [0.717, 1.165) is 47.0 Å². The van der Waals surface area contributed by atoms with Crippen LogP contribution < -0.4 is 10.6 Å². The zero-order valence-electron chi connectivity index (χ0n) is 16.6. The predicted octanol–water partition coefficient (Wildman–Crippen LogP) is 3.43. The van der Waals surface area contributed by atoms with E-state index >= 15 is 0 Å². The predicted molar refractivity (Wildman–Crippen MR) is 115 cm³/mol. The van der Waals surface area contributed by atoms with Crippen LogP contribution in [0.2, 0.25) is 0 Å². The first-order chi connectivity index (χ1) is 14.7. The summed E-state index contributed by atoms with van der Waals surface area (Å²) in [6.07, 6.45) is 1.82. The van der Waals surface area contributed by atoms with Gasteiger partial charge in [0.1, 0.15) is 11.7 Å². The van der Waals surface area contributed by atoms with Crippen LogP contribution in [0.4, 0.5) is 5.82 Å². The van der Waals surface area contributed by atoms with E-state index in [4.69, 9.17) is 0 Å². The second kappa shape index (κ2) is 9.19. The molecule has 4 rings (SSSR count). The molecule has 0 saturated heterocycles. The van der Waals surface area contributed by atoms with Gasteiger partial charge in [0.05, 0.1) is 19.2 Å². The second-order valence-corrected chi connectivity index (χ2v) is 6.72. The molecule has 0 atom stereocenters. The van der Waals surface area contributed by atoms with E-state index in [0.29, 0.717) is 12.1 Å². The number of carbonyl (C=O) groups is 1. The number of aromatic nitrogens is 1. The van der Waals surface area contributed by atoms with Crippen molar-refractivity contribution in [1.82, 2.24) is 10.3 Å². The van der Waals surface area contributed by atoms with Crippen LogP contribution in [0, 0.1) is 0 Å². The number of hydrogen-bond acceptors (Lipinski definition) is 7. The monoisotopic (exact) mass is 402 g/mol. The molecule has 1 aliphatic heterocycles. The zero-order valence-corrected chi connectivity index (χ0v) is 16.6. The highest BCUT2D eigenvalue weighted by Crippen LogP contribution is 2.25. The van der Waals surface area contributed by atoms with Crippen LogP contribution in [-0.2, 0) is 16.3 Å². The van der Waals surface area contributed by atoms with Gasteiger partial charge in [0.25, 0.3) is 0 Å². The van der Waals surface area contributed by atoms with Gasteiger partial charge in [-0.3, -0.25) is 9.88 Å². The number of pyridine rings is 1. The number of nitrogens with one attached hydrogen (secondary N) is 2. The van der Waals surface area contributed by atoms with Crippen LogP contribution in [0.5, 0.6) is 0 Å². The third-order valence-electron chi connectivity index (χ3n) is 4.76. The summed E-state index contributed by atoms with van der Waals surface area (Å²) in [6, 6.07) is 19.2. The smallest absolute Gasteiger partial charge is 0.368 e. The van der Waals surface area contributed by atoms with E-state index < -0.39 is 5.97 Å². The summed E-state index contributed by atoms with van der Waals surface area (Å²) >= 11 is 0. The quantitative estimate of drug-likeness (QED) is 0.465. The Kier molecular flexibility index (Phi) is 6.01. The molecule has 0 fully saturated rings. The minimum atomic E-state index is -0.521. The number of amidine groups is 1.